The van der Waals surface area contributed by atoms with Crippen LogP contribution in [0.3, 0.4) is 0 Å². The predicted molar refractivity (Wildman–Crippen MR) is 60.1 cm³/mol. The molecule has 0 saturated heterocycles. The van der Waals surface area contributed by atoms with Gasteiger partial charge in [0.2, 0.25) is 0 Å². The van der Waals surface area contributed by atoms with E-state index in [0.717, 1.165) is 6.54 Å². The van der Waals surface area contributed by atoms with Crippen LogP contribution in [0, 0.1) is 0 Å². The summed E-state index contributed by atoms with van der Waals surface area (Å²) in [5.74, 6) is 1.17. The Hall–Kier alpha value is 0.340. The third-order valence-electron chi connectivity index (χ3n) is 1.72. The van der Waals surface area contributed by atoms with Crippen molar-refractivity contribution in [3.05, 3.63) is 11.1 Å². The molecule has 0 aliphatic heterocycles. The molecule has 0 aliphatic rings. The molecule has 1 unspecified atom stereocenters. The first-order chi connectivity index (χ1) is 5.74. The zero-order valence-electron chi connectivity index (χ0n) is 8.06. The number of hydrogen-bond donors (Lipinski definition) is 1. The highest BCUT2D eigenvalue weighted by molar-refractivity contribution is 7.98. The van der Waals surface area contributed by atoms with E-state index in [0.29, 0.717) is 6.04 Å². The van der Waals surface area contributed by atoms with Gasteiger partial charge in [0.05, 0.1) is 0 Å². The highest BCUT2D eigenvalue weighted by Crippen LogP contribution is 2.02. The van der Waals surface area contributed by atoms with E-state index in [2.05, 4.69) is 18.5 Å². The normalized spacial score (nSPS) is 14.8. The minimum Gasteiger partial charge on any atom is -0.309 e. The van der Waals surface area contributed by atoms with Gasteiger partial charge in [-0.2, -0.15) is 11.8 Å². The van der Waals surface area contributed by atoms with Gasteiger partial charge in [-0.1, -0.05) is 18.5 Å². The zero-order chi connectivity index (χ0) is 9.40. The minimum atomic E-state index is 0.617. The molecule has 1 nitrogen and oxygen atoms in total. The molecule has 0 heterocycles. The summed E-state index contributed by atoms with van der Waals surface area (Å²) in [6, 6.07) is 0.617. The predicted octanol–water partition coefficient (Wildman–Crippen LogP) is 2.86. The van der Waals surface area contributed by atoms with Crippen LogP contribution >= 0.6 is 23.4 Å². The molecule has 0 spiro atoms. The molecule has 0 rings (SSSR count). The maximum atomic E-state index is 5.55. The van der Waals surface area contributed by atoms with Crippen molar-refractivity contribution in [2.75, 3.05) is 18.6 Å². The SMILES string of the molecule is CCC(CSC)NCC(C)=CCl. The summed E-state index contributed by atoms with van der Waals surface area (Å²) < 4.78 is 0. The Balaban J connectivity index is 3.57. The van der Waals surface area contributed by atoms with Crippen molar-refractivity contribution in [1.82, 2.24) is 5.32 Å². The van der Waals surface area contributed by atoms with Crippen molar-refractivity contribution >= 4 is 23.4 Å². The maximum absolute atomic E-state index is 5.55. The molecule has 1 N–H and O–H groups in total. The molecule has 0 radical (unpaired) electrons. The van der Waals surface area contributed by atoms with Crippen LogP contribution in [0.25, 0.3) is 0 Å². The van der Waals surface area contributed by atoms with Gasteiger partial charge in [0.15, 0.2) is 0 Å². The van der Waals surface area contributed by atoms with Gasteiger partial charge in [-0.25, -0.2) is 0 Å². The molecule has 0 bridgehead atoms. The molecule has 0 fully saturated rings. The Kier molecular flexibility index (Phi) is 8.19. The first-order valence-electron chi connectivity index (χ1n) is 4.22. The summed E-state index contributed by atoms with van der Waals surface area (Å²) in [6.07, 6.45) is 3.31. The van der Waals surface area contributed by atoms with Gasteiger partial charge in [0.1, 0.15) is 0 Å². The molecule has 12 heavy (non-hydrogen) atoms. The highest BCUT2D eigenvalue weighted by atomic mass is 35.5. The van der Waals surface area contributed by atoms with Crippen LogP contribution in [-0.2, 0) is 0 Å². The first-order valence-corrected chi connectivity index (χ1v) is 6.05. The number of nitrogens with one attached hydrogen (secondary N) is 1. The van der Waals surface area contributed by atoms with Gasteiger partial charge in [-0.15, -0.1) is 0 Å². The average Bonchev–Trinajstić information content (AvgIpc) is 2.11. The van der Waals surface area contributed by atoms with Crippen molar-refractivity contribution in [3.63, 3.8) is 0 Å². The monoisotopic (exact) mass is 207 g/mol. The Labute approximate surface area is 84.9 Å². The molecule has 0 aliphatic carbocycles. The van der Waals surface area contributed by atoms with E-state index >= 15 is 0 Å². The van der Waals surface area contributed by atoms with Crippen LogP contribution in [-0.4, -0.2) is 24.6 Å². The Bertz CT molecular complexity index is 136. The van der Waals surface area contributed by atoms with Gasteiger partial charge < -0.3 is 5.32 Å². The second-order valence-corrected chi connectivity index (χ2v) is 4.03. The third-order valence-corrected chi connectivity index (χ3v) is 2.82. The van der Waals surface area contributed by atoms with Gasteiger partial charge in [0.25, 0.3) is 0 Å². The molecule has 0 aromatic rings. The third kappa shape index (κ3) is 5.92. The largest absolute Gasteiger partial charge is 0.309 e. The van der Waals surface area contributed by atoms with E-state index in [-0.39, 0.29) is 0 Å². The second kappa shape index (κ2) is 7.96. The van der Waals surface area contributed by atoms with Crippen LogP contribution in [0.2, 0.25) is 0 Å². The second-order valence-electron chi connectivity index (χ2n) is 2.90. The lowest BCUT2D eigenvalue weighted by atomic mass is 10.2. The van der Waals surface area contributed by atoms with Gasteiger partial charge in [0, 0.05) is 23.9 Å². The molecule has 0 aromatic carbocycles. The van der Waals surface area contributed by atoms with Crippen LogP contribution in [0.1, 0.15) is 20.3 Å². The molecule has 0 aromatic heterocycles. The molecule has 1 atom stereocenters. The lowest BCUT2D eigenvalue weighted by Gasteiger charge is -2.15. The van der Waals surface area contributed by atoms with E-state index in [1.807, 2.05) is 18.7 Å². The van der Waals surface area contributed by atoms with Gasteiger partial charge >= 0.3 is 0 Å². The fraction of sp³-hybridized carbons (Fsp3) is 0.778. The lowest BCUT2D eigenvalue weighted by molar-refractivity contribution is 0.568. The van der Waals surface area contributed by atoms with Crippen molar-refractivity contribution in [2.24, 2.45) is 0 Å². The Morgan fingerprint density at radius 3 is 2.75 bits per heavy atom. The summed E-state index contributed by atoms with van der Waals surface area (Å²) >= 11 is 7.43. The summed E-state index contributed by atoms with van der Waals surface area (Å²) in [4.78, 5) is 0. The standard InChI is InChI=1S/C9H18ClNS/c1-4-9(7-12-3)11-6-8(2)5-10/h5,9,11H,4,6-7H2,1-3H3. The Morgan fingerprint density at radius 2 is 2.33 bits per heavy atom. The van der Waals surface area contributed by atoms with E-state index in [4.69, 9.17) is 11.6 Å². The summed E-state index contributed by atoms with van der Waals surface area (Å²) in [5, 5.41) is 3.45. The van der Waals surface area contributed by atoms with Crippen molar-refractivity contribution < 1.29 is 0 Å². The van der Waals surface area contributed by atoms with Crippen LogP contribution in [0.4, 0.5) is 0 Å². The van der Waals surface area contributed by atoms with Crippen LogP contribution in [0.15, 0.2) is 11.1 Å². The summed E-state index contributed by atoms with van der Waals surface area (Å²) in [6.45, 7) is 5.14. The molecule has 0 saturated carbocycles. The topological polar surface area (TPSA) is 12.0 Å². The molecular weight excluding hydrogens is 190 g/mol. The van der Waals surface area contributed by atoms with Crippen molar-refractivity contribution in [1.29, 1.82) is 0 Å². The van der Waals surface area contributed by atoms with Crippen LogP contribution in [0.5, 0.6) is 0 Å². The average molecular weight is 208 g/mol. The number of halogens is 1. The number of thioether (sulfide) groups is 1. The van der Waals surface area contributed by atoms with E-state index in [9.17, 15) is 0 Å². The maximum Gasteiger partial charge on any atom is 0.0176 e. The highest BCUT2D eigenvalue weighted by Gasteiger charge is 2.03. The number of hydrogen-bond acceptors (Lipinski definition) is 2. The quantitative estimate of drug-likeness (QED) is 0.719. The summed E-state index contributed by atoms with van der Waals surface area (Å²) in [5.41, 5.74) is 2.83. The first kappa shape index (κ1) is 12.3. The molecule has 0 amide bonds. The molecule has 72 valence electrons. The van der Waals surface area contributed by atoms with Gasteiger partial charge in [-0.05, 0) is 25.2 Å². The molecule has 3 heteroatoms. The zero-order valence-corrected chi connectivity index (χ0v) is 9.63. The lowest BCUT2D eigenvalue weighted by Crippen LogP contribution is -2.31. The van der Waals surface area contributed by atoms with E-state index in [1.54, 1.807) is 5.54 Å². The smallest absolute Gasteiger partial charge is 0.0176 e. The van der Waals surface area contributed by atoms with Crippen LogP contribution < -0.4 is 5.32 Å². The Morgan fingerprint density at radius 1 is 1.67 bits per heavy atom. The summed E-state index contributed by atoms with van der Waals surface area (Å²) in [7, 11) is 0. The van der Waals surface area contributed by atoms with Gasteiger partial charge in [-0.3, -0.25) is 0 Å². The van der Waals surface area contributed by atoms with Crippen molar-refractivity contribution in [3.8, 4) is 0 Å². The van der Waals surface area contributed by atoms with Crippen molar-refractivity contribution in [2.45, 2.75) is 26.3 Å². The minimum absolute atomic E-state index is 0.617. The fourth-order valence-corrected chi connectivity index (χ4v) is 1.70. The molecular formula is C9H18ClNS. The van der Waals surface area contributed by atoms with E-state index < -0.39 is 0 Å². The van der Waals surface area contributed by atoms with E-state index in [1.165, 1.54) is 17.7 Å². The number of rotatable bonds is 6. The fourth-order valence-electron chi connectivity index (χ4n) is 0.866.